The molecule has 1 atom stereocenters. The zero-order valence-corrected chi connectivity index (χ0v) is 15.1. The Labute approximate surface area is 157 Å². The average Bonchev–Trinajstić information content (AvgIpc) is 2.69. The number of carbonyl (C=O) groups is 1. The predicted molar refractivity (Wildman–Crippen MR) is 102 cm³/mol. The number of amides is 1. The van der Waals surface area contributed by atoms with Crippen molar-refractivity contribution in [1.82, 2.24) is 9.88 Å². The molecule has 1 N–H and O–H groups in total. The maximum Gasteiger partial charge on any atom is 0.258 e. The minimum atomic E-state index is -0.299. The number of hydrogen-bond donors (Lipinski definition) is 1. The standard InChI is InChI=1S/C21H19ClN2O2/c1-15(19-12-5-6-13-23-19)24(14-16-8-3-2-4-9-16)21(26)17-10-7-11-18(22)20(17)25/h2-13,15,25H,14H2,1H3. The molecule has 132 valence electrons. The highest BCUT2D eigenvalue weighted by Crippen LogP contribution is 2.31. The monoisotopic (exact) mass is 366 g/mol. The molecule has 3 rings (SSSR count). The fourth-order valence-electron chi connectivity index (χ4n) is 2.79. The fourth-order valence-corrected chi connectivity index (χ4v) is 2.96. The van der Waals surface area contributed by atoms with Crippen LogP contribution in [0.5, 0.6) is 5.75 Å². The van der Waals surface area contributed by atoms with E-state index in [0.717, 1.165) is 11.3 Å². The minimum absolute atomic E-state index is 0.154. The lowest BCUT2D eigenvalue weighted by Crippen LogP contribution is -2.33. The molecule has 0 fully saturated rings. The number of phenols is 1. The van der Waals surface area contributed by atoms with E-state index < -0.39 is 0 Å². The molecule has 1 heterocycles. The van der Waals surface area contributed by atoms with Gasteiger partial charge in [-0.2, -0.15) is 0 Å². The minimum Gasteiger partial charge on any atom is -0.506 e. The molecule has 1 aromatic heterocycles. The van der Waals surface area contributed by atoms with E-state index in [1.54, 1.807) is 29.3 Å². The number of aromatic nitrogens is 1. The molecule has 0 saturated carbocycles. The largest absolute Gasteiger partial charge is 0.506 e. The van der Waals surface area contributed by atoms with Crippen molar-refractivity contribution in [2.24, 2.45) is 0 Å². The van der Waals surface area contributed by atoms with Gasteiger partial charge in [-0.3, -0.25) is 9.78 Å². The summed E-state index contributed by atoms with van der Waals surface area (Å²) in [7, 11) is 0. The van der Waals surface area contributed by atoms with E-state index in [2.05, 4.69) is 4.98 Å². The molecule has 2 aromatic carbocycles. The number of nitrogens with zero attached hydrogens (tertiary/aromatic N) is 2. The Balaban J connectivity index is 1.99. The van der Waals surface area contributed by atoms with Crippen LogP contribution in [0.15, 0.2) is 72.9 Å². The maximum absolute atomic E-state index is 13.2. The Morgan fingerprint density at radius 2 is 1.81 bits per heavy atom. The number of pyridine rings is 1. The molecule has 0 radical (unpaired) electrons. The van der Waals surface area contributed by atoms with Crippen LogP contribution in [-0.4, -0.2) is 20.9 Å². The van der Waals surface area contributed by atoms with Crippen molar-refractivity contribution in [3.05, 3.63) is 94.8 Å². The summed E-state index contributed by atoms with van der Waals surface area (Å²) in [5.41, 5.74) is 1.94. The highest BCUT2D eigenvalue weighted by atomic mass is 35.5. The fraction of sp³-hybridized carbons (Fsp3) is 0.143. The molecule has 1 unspecified atom stereocenters. The number of phenolic OH excluding ortho intramolecular Hbond substituents is 1. The van der Waals surface area contributed by atoms with E-state index in [9.17, 15) is 9.90 Å². The Morgan fingerprint density at radius 3 is 2.50 bits per heavy atom. The second kappa shape index (κ2) is 8.02. The molecule has 0 aliphatic rings. The van der Waals surface area contributed by atoms with Crippen molar-refractivity contribution in [1.29, 1.82) is 0 Å². The lowest BCUT2D eigenvalue weighted by molar-refractivity contribution is 0.0667. The number of hydrogen-bond acceptors (Lipinski definition) is 3. The average molecular weight is 367 g/mol. The topological polar surface area (TPSA) is 53.4 Å². The summed E-state index contributed by atoms with van der Waals surface area (Å²) in [5.74, 6) is -0.502. The van der Waals surface area contributed by atoms with E-state index in [0.29, 0.717) is 6.54 Å². The molecule has 0 aliphatic carbocycles. The lowest BCUT2D eigenvalue weighted by Gasteiger charge is -2.29. The molecule has 1 amide bonds. The van der Waals surface area contributed by atoms with Gasteiger partial charge >= 0.3 is 0 Å². The molecule has 0 saturated heterocycles. The van der Waals surface area contributed by atoms with Crippen molar-refractivity contribution in [2.75, 3.05) is 0 Å². The van der Waals surface area contributed by atoms with Gasteiger partial charge in [0.05, 0.1) is 22.3 Å². The third kappa shape index (κ3) is 3.86. The summed E-state index contributed by atoms with van der Waals surface area (Å²) >= 11 is 5.99. The first-order valence-corrected chi connectivity index (χ1v) is 8.69. The van der Waals surface area contributed by atoms with Crippen LogP contribution in [0, 0.1) is 0 Å². The highest BCUT2D eigenvalue weighted by Gasteiger charge is 2.26. The van der Waals surface area contributed by atoms with E-state index >= 15 is 0 Å². The second-order valence-electron chi connectivity index (χ2n) is 5.99. The number of aromatic hydroxyl groups is 1. The Kier molecular flexibility index (Phi) is 5.54. The molecule has 0 bridgehead atoms. The van der Waals surface area contributed by atoms with Gasteiger partial charge in [-0.1, -0.05) is 54.1 Å². The summed E-state index contributed by atoms with van der Waals surface area (Å²) < 4.78 is 0. The summed E-state index contributed by atoms with van der Waals surface area (Å²) in [6.07, 6.45) is 1.70. The van der Waals surface area contributed by atoms with Crippen LogP contribution < -0.4 is 0 Å². The number of rotatable bonds is 5. The van der Waals surface area contributed by atoms with Crippen LogP contribution in [0.4, 0.5) is 0 Å². The van der Waals surface area contributed by atoms with E-state index in [4.69, 9.17) is 11.6 Å². The van der Waals surface area contributed by atoms with Gasteiger partial charge in [0.2, 0.25) is 0 Å². The number of carbonyl (C=O) groups excluding carboxylic acids is 1. The molecule has 5 heteroatoms. The van der Waals surface area contributed by atoms with Crippen molar-refractivity contribution >= 4 is 17.5 Å². The third-order valence-electron chi connectivity index (χ3n) is 4.26. The summed E-state index contributed by atoms with van der Waals surface area (Å²) in [6.45, 7) is 2.31. The van der Waals surface area contributed by atoms with Crippen LogP contribution in [0.3, 0.4) is 0 Å². The van der Waals surface area contributed by atoms with Crippen molar-refractivity contribution in [3.8, 4) is 5.75 Å². The van der Waals surface area contributed by atoms with Gasteiger partial charge in [0.15, 0.2) is 0 Å². The van der Waals surface area contributed by atoms with Gasteiger partial charge in [0.25, 0.3) is 5.91 Å². The van der Waals surface area contributed by atoms with Gasteiger partial charge in [-0.15, -0.1) is 0 Å². The van der Waals surface area contributed by atoms with Crippen LogP contribution in [0.2, 0.25) is 5.02 Å². The van der Waals surface area contributed by atoms with E-state index in [1.807, 2.05) is 55.5 Å². The van der Waals surface area contributed by atoms with Crippen molar-refractivity contribution in [2.45, 2.75) is 19.5 Å². The zero-order valence-electron chi connectivity index (χ0n) is 14.3. The van der Waals surface area contributed by atoms with Crippen LogP contribution in [0.1, 0.15) is 34.6 Å². The first-order valence-electron chi connectivity index (χ1n) is 8.31. The quantitative estimate of drug-likeness (QED) is 0.702. The highest BCUT2D eigenvalue weighted by molar-refractivity contribution is 6.32. The van der Waals surface area contributed by atoms with Gasteiger partial charge in [-0.25, -0.2) is 0 Å². The van der Waals surface area contributed by atoms with Crippen molar-refractivity contribution < 1.29 is 9.90 Å². The molecule has 4 nitrogen and oxygen atoms in total. The van der Waals surface area contributed by atoms with Crippen LogP contribution in [-0.2, 0) is 6.54 Å². The number of halogens is 1. The Morgan fingerprint density at radius 1 is 1.08 bits per heavy atom. The van der Waals surface area contributed by atoms with Crippen molar-refractivity contribution in [3.63, 3.8) is 0 Å². The normalized spacial score (nSPS) is 11.8. The SMILES string of the molecule is CC(c1ccccn1)N(Cc1ccccc1)C(=O)c1cccc(Cl)c1O. The predicted octanol–water partition coefficient (Wildman–Crippen LogP) is 4.84. The van der Waals surface area contributed by atoms with Gasteiger partial charge in [0, 0.05) is 12.7 Å². The molecule has 0 spiro atoms. The van der Waals surface area contributed by atoms with Gasteiger partial charge in [0.1, 0.15) is 5.75 Å². The first-order chi connectivity index (χ1) is 12.6. The summed E-state index contributed by atoms with van der Waals surface area (Å²) in [4.78, 5) is 19.3. The number of benzene rings is 2. The van der Waals surface area contributed by atoms with E-state index in [-0.39, 0.29) is 28.3 Å². The van der Waals surface area contributed by atoms with Crippen LogP contribution in [0.25, 0.3) is 0 Å². The number of para-hydroxylation sites is 1. The smallest absolute Gasteiger partial charge is 0.258 e. The van der Waals surface area contributed by atoms with Crippen LogP contribution >= 0.6 is 11.6 Å². The first kappa shape index (κ1) is 18.0. The Bertz CT molecular complexity index is 885. The third-order valence-corrected chi connectivity index (χ3v) is 4.56. The lowest BCUT2D eigenvalue weighted by atomic mass is 10.1. The van der Waals surface area contributed by atoms with Gasteiger partial charge in [-0.05, 0) is 36.8 Å². The molecule has 3 aromatic rings. The molecular formula is C21H19ClN2O2. The Hall–Kier alpha value is -2.85. The molecule has 0 aliphatic heterocycles. The maximum atomic E-state index is 13.2. The van der Waals surface area contributed by atoms with E-state index in [1.165, 1.54) is 0 Å². The summed E-state index contributed by atoms with van der Waals surface area (Å²) in [6, 6.07) is 19.8. The van der Waals surface area contributed by atoms with Gasteiger partial charge < -0.3 is 10.0 Å². The molecule has 26 heavy (non-hydrogen) atoms. The second-order valence-corrected chi connectivity index (χ2v) is 6.39. The zero-order chi connectivity index (χ0) is 18.5. The summed E-state index contributed by atoms with van der Waals surface area (Å²) in [5, 5.41) is 10.4. The molecular weight excluding hydrogens is 348 g/mol.